The Balaban J connectivity index is 2.35. The molecule has 4 nitrogen and oxygen atoms in total. The fourth-order valence-electron chi connectivity index (χ4n) is 2.49. The molecule has 0 aliphatic heterocycles. The Bertz CT molecular complexity index is 575. The first kappa shape index (κ1) is 15.8. The van der Waals surface area contributed by atoms with Gasteiger partial charge in [0.2, 0.25) is 0 Å². The minimum absolute atomic E-state index is 0.593. The van der Waals surface area contributed by atoms with Crippen molar-refractivity contribution in [1.29, 1.82) is 0 Å². The highest BCUT2D eigenvalue weighted by molar-refractivity contribution is 5.77. The minimum atomic E-state index is 0.593. The molecule has 0 amide bonds. The molecular formula is C17H27N3O. The number of hydrogen-bond donors (Lipinski definition) is 1. The highest BCUT2D eigenvalue weighted by atomic mass is 16.5. The van der Waals surface area contributed by atoms with Crippen LogP contribution in [0.3, 0.4) is 0 Å². The summed E-state index contributed by atoms with van der Waals surface area (Å²) >= 11 is 0. The molecule has 116 valence electrons. The van der Waals surface area contributed by atoms with Crippen LogP contribution in [0.25, 0.3) is 11.0 Å². The van der Waals surface area contributed by atoms with E-state index in [1.807, 2.05) is 12.1 Å². The van der Waals surface area contributed by atoms with Gasteiger partial charge in [-0.2, -0.15) is 0 Å². The molecule has 2 rings (SSSR count). The molecule has 0 saturated heterocycles. The van der Waals surface area contributed by atoms with Gasteiger partial charge in [-0.15, -0.1) is 0 Å². The van der Waals surface area contributed by atoms with Gasteiger partial charge in [-0.3, -0.25) is 0 Å². The van der Waals surface area contributed by atoms with Gasteiger partial charge in [0.25, 0.3) is 0 Å². The van der Waals surface area contributed by atoms with Crippen molar-refractivity contribution in [2.24, 2.45) is 11.7 Å². The summed E-state index contributed by atoms with van der Waals surface area (Å²) in [5.41, 5.74) is 7.86. The highest BCUT2D eigenvalue weighted by Crippen LogP contribution is 2.23. The van der Waals surface area contributed by atoms with Crippen molar-refractivity contribution in [3.05, 3.63) is 24.0 Å². The van der Waals surface area contributed by atoms with Crippen molar-refractivity contribution in [1.82, 2.24) is 9.55 Å². The van der Waals surface area contributed by atoms with Crippen LogP contribution in [0.15, 0.2) is 18.2 Å². The Hall–Kier alpha value is -1.55. The van der Waals surface area contributed by atoms with E-state index < -0.39 is 0 Å². The van der Waals surface area contributed by atoms with E-state index in [0.717, 1.165) is 49.5 Å². The van der Waals surface area contributed by atoms with Crippen LogP contribution in [-0.2, 0) is 13.0 Å². The van der Waals surface area contributed by atoms with Crippen LogP contribution < -0.4 is 10.5 Å². The molecule has 2 aromatic rings. The number of nitrogens with two attached hydrogens (primary N) is 1. The summed E-state index contributed by atoms with van der Waals surface area (Å²) in [6.45, 7) is 9.02. The van der Waals surface area contributed by atoms with E-state index in [4.69, 9.17) is 15.5 Å². The van der Waals surface area contributed by atoms with Crippen molar-refractivity contribution < 1.29 is 4.74 Å². The van der Waals surface area contributed by atoms with Crippen molar-refractivity contribution in [2.75, 3.05) is 13.2 Å². The maximum absolute atomic E-state index is 5.71. The molecule has 0 unspecified atom stereocenters. The fourth-order valence-corrected chi connectivity index (χ4v) is 2.49. The second-order valence-electron chi connectivity index (χ2n) is 5.92. The molecule has 0 bridgehead atoms. The third-order valence-corrected chi connectivity index (χ3v) is 3.42. The summed E-state index contributed by atoms with van der Waals surface area (Å²) < 4.78 is 8.04. The molecule has 0 aliphatic rings. The number of hydrogen-bond acceptors (Lipinski definition) is 3. The SMILES string of the molecule is CCCOc1ccc2c(c1)nc(CCCN)n2CC(C)C. The van der Waals surface area contributed by atoms with Crippen molar-refractivity contribution in [3.63, 3.8) is 0 Å². The lowest BCUT2D eigenvalue weighted by atomic mass is 10.2. The van der Waals surface area contributed by atoms with Crippen molar-refractivity contribution in [2.45, 2.75) is 46.6 Å². The zero-order valence-corrected chi connectivity index (χ0v) is 13.4. The summed E-state index contributed by atoms with van der Waals surface area (Å²) in [7, 11) is 0. The zero-order chi connectivity index (χ0) is 15.2. The maximum Gasteiger partial charge on any atom is 0.121 e. The molecule has 1 heterocycles. The molecule has 1 aromatic heterocycles. The second-order valence-corrected chi connectivity index (χ2v) is 5.92. The summed E-state index contributed by atoms with van der Waals surface area (Å²) in [6, 6.07) is 6.22. The summed E-state index contributed by atoms with van der Waals surface area (Å²) in [6.07, 6.45) is 2.92. The van der Waals surface area contributed by atoms with E-state index in [0.29, 0.717) is 12.5 Å². The Morgan fingerprint density at radius 3 is 2.81 bits per heavy atom. The fraction of sp³-hybridized carbons (Fsp3) is 0.588. The Kier molecular flexibility index (Phi) is 5.62. The molecule has 21 heavy (non-hydrogen) atoms. The number of rotatable bonds is 8. The Morgan fingerprint density at radius 1 is 1.33 bits per heavy atom. The molecule has 0 fully saturated rings. The van der Waals surface area contributed by atoms with Gasteiger partial charge >= 0.3 is 0 Å². The van der Waals surface area contributed by atoms with Crippen LogP contribution >= 0.6 is 0 Å². The highest BCUT2D eigenvalue weighted by Gasteiger charge is 2.12. The van der Waals surface area contributed by atoms with E-state index in [1.54, 1.807) is 0 Å². The number of imidazole rings is 1. The first-order valence-electron chi connectivity index (χ1n) is 7.97. The number of benzene rings is 1. The number of aryl methyl sites for hydroxylation is 1. The lowest BCUT2D eigenvalue weighted by Gasteiger charge is -2.11. The van der Waals surface area contributed by atoms with Crippen molar-refractivity contribution >= 4 is 11.0 Å². The molecule has 2 N–H and O–H groups in total. The molecule has 0 radical (unpaired) electrons. The Labute approximate surface area is 127 Å². The minimum Gasteiger partial charge on any atom is -0.494 e. The zero-order valence-electron chi connectivity index (χ0n) is 13.4. The van der Waals surface area contributed by atoms with E-state index in [1.165, 1.54) is 5.52 Å². The number of ether oxygens (including phenoxy) is 1. The van der Waals surface area contributed by atoms with E-state index in [2.05, 4.69) is 31.4 Å². The Morgan fingerprint density at radius 2 is 2.14 bits per heavy atom. The molecule has 0 saturated carbocycles. The van der Waals surface area contributed by atoms with Crippen LogP contribution in [0.5, 0.6) is 5.75 Å². The van der Waals surface area contributed by atoms with E-state index in [-0.39, 0.29) is 0 Å². The average molecular weight is 289 g/mol. The van der Waals surface area contributed by atoms with Gasteiger partial charge in [0, 0.05) is 19.0 Å². The van der Waals surface area contributed by atoms with Crippen LogP contribution in [0.1, 0.15) is 39.4 Å². The van der Waals surface area contributed by atoms with Crippen LogP contribution in [0, 0.1) is 5.92 Å². The normalized spacial score (nSPS) is 11.5. The average Bonchev–Trinajstić information content (AvgIpc) is 2.79. The monoisotopic (exact) mass is 289 g/mol. The van der Waals surface area contributed by atoms with Crippen LogP contribution in [0.4, 0.5) is 0 Å². The summed E-state index contributed by atoms with van der Waals surface area (Å²) in [5.74, 6) is 2.63. The van der Waals surface area contributed by atoms with Gasteiger partial charge in [0.15, 0.2) is 0 Å². The van der Waals surface area contributed by atoms with E-state index in [9.17, 15) is 0 Å². The standard InChI is InChI=1S/C17H27N3O/c1-4-10-21-14-7-8-16-15(11-14)19-17(6-5-9-18)20(16)12-13(2)3/h7-8,11,13H,4-6,9-10,12,18H2,1-3H3. The largest absolute Gasteiger partial charge is 0.494 e. The lowest BCUT2D eigenvalue weighted by molar-refractivity contribution is 0.318. The predicted octanol–water partition coefficient (Wildman–Crippen LogP) is 3.37. The molecular weight excluding hydrogens is 262 g/mol. The molecule has 0 aliphatic carbocycles. The van der Waals surface area contributed by atoms with Gasteiger partial charge in [-0.1, -0.05) is 20.8 Å². The summed E-state index contributed by atoms with van der Waals surface area (Å²) in [5, 5.41) is 0. The first-order chi connectivity index (χ1) is 10.2. The molecule has 1 aromatic carbocycles. The maximum atomic E-state index is 5.71. The molecule has 0 atom stereocenters. The predicted molar refractivity (Wildman–Crippen MR) is 87.7 cm³/mol. The molecule has 4 heteroatoms. The van der Waals surface area contributed by atoms with Gasteiger partial charge in [-0.25, -0.2) is 4.98 Å². The second kappa shape index (κ2) is 7.46. The van der Waals surface area contributed by atoms with E-state index >= 15 is 0 Å². The van der Waals surface area contributed by atoms with Gasteiger partial charge < -0.3 is 15.0 Å². The summed E-state index contributed by atoms with van der Waals surface area (Å²) in [4.78, 5) is 4.80. The van der Waals surface area contributed by atoms with Crippen molar-refractivity contribution in [3.8, 4) is 5.75 Å². The number of fused-ring (bicyclic) bond motifs is 1. The number of nitrogens with zero attached hydrogens (tertiary/aromatic N) is 2. The van der Waals surface area contributed by atoms with Crippen LogP contribution in [0.2, 0.25) is 0 Å². The molecule has 0 spiro atoms. The lowest BCUT2D eigenvalue weighted by Crippen LogP contribution is -2.10. The number of aromatic nitrogens is 2. The third-order valence-electron chi connectivity index (χ3n) is 3.42. The third kappa shape index (κ3) is 3.97. The van der Waals surface area contributed by atoms with Crippen LogP contribution in [-0.4, -0.2) is 22.7 Å². The van der Waals surface area contributed by atoms with Gasteiger partial charge in [0.05, 0.1) is 17.6 Å². The topological polar surface area (TPSA) is 53.1 Å². The van der Waals surface area contributed by atoms with Gasteiger partial charge in [-0.05, 0) is 37.4 Å². The first-order valence-corrected chi connectivity index (χ1v) is 7.97. The quantitative estimate of drug-likeness (QED) is 0.810. The van der Waals surface area contributed by atoms with Gasteiger partial charge in [0.1, 0.15) is 11.6 Å². The smallest absolute Gasteiger partial charge is 0.121 e.